The van der Waals surface area contributed by atoms with E-state index in [2.05, 4.69) is 0 Å². The van der Waals surface area contributed by atoms with Crippen molar-refractivity contribution in [2.45, 2.75) is 38.1 Å². The number of likely N-dealkylation sites (tertiary alicyclic amines) is 1. The van der Waals surface area contributed by atoms with Gasteiger partial charge < -0.3 is 19.5 Å². The summed E-state index contributed by atoms with van der Waals surface area (Å²) in [6, 6.07) is -1.01. The van der Waals surface area contributed by atoms with Crippen LogP contribution in [0.2, 0.25) is 0 Å². The van der Waals surface area contributed by atoms with Crippen molar-refractivity contribution in [3.05, 3.63) is 11.8 Å². The molecule has 1 amide bonds. The summed E-state index contributed by atoms with van der Waals surface area (Å²) in [5.74, 6) is -2.83. The van der Waals surface area contributed by atoms with E-state index in [-0.39, 0.29) is 12.3 Å². The predicted molar refractivity (Wildman–Crippen MR) is 62.6 cm³/mol. The quantitative estimate of drug-likeness (QED) is 0.635. The molecule has 1 unspecified atom stereocenters. The number of Topliss-reactive ketones (excluding diaryl/α,β-unsaturated/α-hetero) is 1. The van der Waals surface area contributed by atoms with Gasteiger partial charge in [-0.25, -0.2) is 0 Å². The van der Waals surface area contributed by atoms with Crippen LogP contribution >= 0.6 is 0 Å². The third kappa shape index (κ3) is 2.94. The molecule has 19 heavy (non-hydrogen) atoms. The number of carboxylic acid groups (broad SMARTS) is 1. The van der Waals surface area contributed by atoms with Crippen LogP contribution in [0.4, 0.5) is 0 Å². The summed E-state index contributed by atoms with van der Waals surface area (Å²) in [6.07, 6.45) is 4.84. The first-order valence-corrected chi connectivity index (χ1v) is 6.50. The number of rotatable bonds is 3. The van der Waals surface area contributed by atoms with Gasteiger partial charge in [-0.3, -0.25) is 9.59 Å². The van der Waals surface area contributed by atoms with E-state index in [0.717, 1.165) is 17.7 Å². The van der Waals surface area contributed by atoms with Crippen molar-refractivity contribution in [1.29, 1.82) is 0 Å². The molecule has 2 heterocycles. The largest absolute Gasteiger partial charge is 0.548 e. The van der Waals surface area contributed by atoms with E-state index in [4.69, 9.17) is 4.74 Å². The molecule has 6 nitrogen and oxygen atoms in total. The van der Waals surface area contributed by atoms with Crippen molar-refractivity contribution in [2.24, 2.45) is 0 Å². The maximum atomic E-state index is 12.1. The molecule has 1 saturated heterocycles. The lowest BCUT2D eigenvalue weighted by Crippen LogP contribution is -2.54. The summed E-state index contributed by atoms with van der Waals surface area (Å²) in [6.45, 7) is 0.686. The van der Waals surface area contributed by atoms with Crippen molar-refractivity contribution in [3.8, 4) is 0 Å². The monoisotopic (exact) mass is 266 g/mol. The van der Waals surface area contributed by atoms with Gasteiger partial charge in [0.05, 0.1) is 18.6 Å². The minimum Gasteiger partial charge on any atom is -0.548 e. The fourth-order valence-electron chi connectivity index (χ4n) is 2.37. The van der Waals surface area contributed by atoms with Gasteiger partial charge in [-0.2, -0.15) is 0 Å². The Hall–Kier alpha value is -1.85. The van der Waals surface area contributed by atoms with Crippen LogP contribution in [0.25, 0.3) is 0 Å². The van der Waals surface area contributed by atoms with Crippen LogP contribution in [-0.4, -0.2) is 41.8 Å². The summed E-state index contributed by atoms with van der Waals surface area (Å²) >= 11 is 0. The molecule has 0 N–H and O–H groups in total. The molecule has 0 bridgehead atoms. The first kappa shape index (κ1) is 13.6. The van der Waals surface area contributed by atoms with Gasteiger partial charge in [-0.05, 0) is 38.2 Å². The highest BCUT2D eigenvalue weighted by atomic mass is 16.5. The Morgan fingerprint density at radius 1 is 1.26 bits per heavy atom. The van der Waals surface area contributed by atoms with Gasteiger partial charge in [0.1, 0.15) is 0 Å². The molecule has 1 fully saturated rings. The summed E-state index contributed by atoms with van der Waals surface area (Å²) in [5.41, 5.74) is 0. The molecule has 2 aliphatic heterocycles. The smallest absolute Gasteiger partial charge is 0.298 e. The fourth-order valence-corrected chi connectivity index (χ4v) is 2.37. The summed E-state index contributed by atoms with van der Waals surface area (Å²) < 4.78 is 5.15. The second-order valence-corrected chi connectivity index (χ2v) is 4.72. The van der Waals surface area contributed by atoms with Gasteiger partial charge in [0, 0.05) is 6.54 Å². The van der Waals surface area contributed by atoms with Crippen LogP contribution in [0.1, 0.15) is 32.1 Å². The first-order valence-electron chi connectivity index (χ1n) is 6.50. The fraction of sp³-hybridized carbons (Fsp3) is 0.615. The normalized spacial score (nSPS) is 23.3. The van der Waals surface area contributed by atoms with E-state index in [9.17, 15) is 19.5 Å². The number of amides is 1. The molecule has 1 atom stereocenters. The van der Waals surface area contributed by atoms with Crippen LogP contribution in [-0.2, 0) is 19.1 Å². The maximum Gasteiger partial charge on any atom is 0.298 e. The average Bonchev–Trinajstić information content (AvgIpc) is 2.46. The molecule has 104 valence electrons. The standard InChI is InChI=1S/C13H17NO5/c15-11(10-6-2-4-8-19-10)12(16)14-7-3-1-5-9(14)13(17)18/h6,9H,1-5,7-8H2,(H,17,18)/p-1. The van der Waals surface area contributed by atoms with E-state index in [1.165, 1.54) is 0 Å². The Bertz CT molecular complexity index is 429. The highest BCUT2D eigenvalue weighted by Gasteiger charge is 2.33. The Morgan fingerprint density at radius 2 is 2.05 bits per heavy atom. The molecule has 6 heteroatoms. The summed E-state index contributed by atoms with van der Waals surface area (Å²) in [5, 5.41) is 11.0. The van der Waals surface area contributed by atoms with Gasteiger partial charge >= 0.3 is 0 Å². The number of hydrogen-bond acceptors (Lipinski definition) is 5. The number of carbonyl (C=O) groups is 3. The Labute approximate surface area is 111 Å². The van der Waals surface area contributed by atoms with Crippen molar-refractivity contribution in [2.75, 3.05) is 13.2 Å². The summed E-state index contributed by atoms with van der Waals surface area (Å²) in [4.78, 5) is 36.1. The van der Waals surface area contributed by atoms with Gasteiger partial charge in [-0.1, -0.05) is 0 Å². The van der Waals surface area contributed by atoms with Crippen LogP contribution in [0.3, 0.4) is 0 Å². The summed E-state index contributed by atoms with van der Waals surface area (Å²) in [7, 11) is 0. The van der Waals surface area contributed by atoms with Gasteiger partial charge in [0.2, 0.25) is 0 Å². The Kier molecular flexibility index (Phi) is 4.19. The number of nitrogens with zero attached hydrogens (tertiary/aromatic N) is 1. The molecular weight excluding hydrogens is 250 g/mol. The molecule has 2 rings (SSSR count). The third-order valence-corrected chi connectivity index (χ3v) is 3.39. The number of carboxylic acids is 1. The van der Waals surface area contributed by atoms with Gasteiger partial charge in [0.25, 0.3) is 11.7 Å². The SMILES string of the molecule is O=C(C(=O)N1CCCCC1C(=O)[O-])C1=CCCCO1. The number of aliphatic carboxylic acids is 1. The van der Waals surface area contributed by atoms with E-state index in [0.29, 0.717) is 25.9 Å². The molecule has 0 radical (unpaired) electrons. The van der Waals surface area contributed by atoms with E-state index in [1.807, 2.05) is 0 Å². The van der Waals surface area contributed by atoms with E-state index in [1.54, 1.807) is 6.08 Å². The van der Waals surface area contributed by atoms with Crippen LogP contribution in [0.15, 0.2) is 11.8 Å². The number of piperidine rings is 1. The highest BCUT2D eigenvalue weighted by Crippen LogP contribution is 2.19. The topological polar surface area (TPSA) is 86.7 Å². The van der Waals surface area contributed by atoms with Gasteiger partial charge in [0.15, 0.2) is 5.76 Å². The van der Waals surface area contributed by atoms with Crippen molar-refractivity contribution in [3.63, 3.8) is 0 Å². The van der Waals surface area contributed by atoms with Crippen LogP contribution in [0.5, 0.6) is 0 Å². The number of carbonyl (C=O) groups excluding carboxylic acids is 3. The molecule has 2 aliphatic rings. The molecule has 0 saturated carbocycles. The Balaban J connectivity index is 2.10. The van der Waals surface area contributed by atoms with E-state index < -0.39 is 23.7 Å². The van der Waals surface area contributed by atoms with E-state index >= 15 is 0 Å². The number of allylic oxidation sites excluding steroid dienone is 1. The zero-order valence-electron chi connectivity index (χ0n) is 10.6. The van der Waals surface area contributed by atoms with Crippen molar-refractivity contribution >= 4 is 17.7 Å². The zero-order valence-corrected chi connectivity index (χ0v) is 10.6. The number of hydrogen-bond donors (Lipinski definition) is 0. The molecule has 0 aromatic rings. The lowest BCUT2D eigenvalue weighted by molar-refractivity contribution is -0.312. The van der Waals surface area contributed by atoms with Crippen LogP contribution in [0, 0.1) is 0 Å². The van der Waals surface area contributed by atoms with Gasteiger partial charge in [-0.15, -0.1) is 0 Å². The van der Waals surface area contributed by atoms with Crippen molar-refractivity contribution < 1.29 is 24.2 Å². The molecule has 0 spiro atoms. The lowest BCUT2D eigenvalue weighted by Gasteiger charge is -2.35. The highest BCUT2D eigenvalue weighted by molar-refractivity contribution is 6.42. The zero-order chi connectivity index (χ0) is 13.8. The second-order valence-electron chi connectivity index (χ2n) is 4.72. The molecule has 0 aromatic carbocycles. The minimum absolute atomic E-state index is 0.0407. The average molecular weight is 266 g/mol. The number of ketones is 1. The lowest BCUT2D eigenvalue weighted by atomic mass is 10.0. The Morgan fingerprint density at radius 3 is 2.68 bits per heavy atom. The predicted octanol–water partition coefficient (Wildman–Crippen LogP) is -0.619. The third-order valence-electron chi connectivity index (χ3n) is 3.39. The molecule has 0 aromatic heterocycles. The number of ether oxygens (including phenoxy) is 1. The molecule has 0 aliphatic carbocycles. The molecular formula is C13H16NO5-. The first-order chi connectivity index (χ1) is 9.11. The minimum atomic E-state index is -1.31. The van der Waals surface area contributed by atoms with Crippen molar-refractivity contribution in [1.82, 2.24) is 4.90 Å². The maximum absolute atomic E-state index is 12.1. The van der Waals surface area contributed by atoms with Crippen LogP contribution < -0.4 is 5.11 Å². The second kappa shape index (κ2) is 5.86.